The lowest BCUT2D eigenvalue weighted by atomic mass is 10.0. The van der Waals surface area contributed by atoms with Crippen LogP contribution < -0.4 is 0 Å². The number of ether oxygens (including phenoxy) is 4. The Kier molecular flexibility index (Phi) is 11.2. The first-order chi connectivity index (χ1) is 21.0. The second-order valence-corrected chi connectivity index (χ2v) is 9.61. The zero-order valence-electron chi connectivity index (χ0n) is 23.7. The normalized spacial score (nSPS) is 12.7. The van der Waals surface area contributed by atoms with Crippen LogP contribution in [-0.4, -0.2) is 48.8 Å². The Balaban J connectivity index is 1.69. The number of hydrogen-bond acceptors (Lipinski definition) is 8. The molecule has 4 rings (SSSR count). The van der Waals surface area contributed by atoms with Crippen LogP contribution in [0.15, 0.2) is 121 Å². The highest BCUT2D eigenvalue weighted by Crippen LogP contribution is 2.22. The molecule has 0 bridgehead atoms. The zero-order valence-corrected chi connectivity index (χ0v) is 23.7. The first-order valence-electron chi connectivity index (χ1n) is 14.0. The predicted molar refractivity (Wildman–Crippen MR) is 159 cm³/mol. The molecular formula is C35H32O8. The molecule has 4 aromatic rings. The van der Waals surface area contributed by atoms with Crippen molar-refractivity contribution in [2.24, 2.45) is 0 Å². The monoisotopic (exact) mass is 580 g/mol. The number of esters is 4. The SMILES string of the molecule is CCC[C@H](OC(=O)c1ccccc1)[C@H](OC(=O)c1ccccc1)[C@@H](COC(=O)c1ccccc1)OC(=O)c1ccccc1. The molecule has 0 aliphatic heterocycles. The summed E-state index contributed by atoms with van der Waals surface area (Å²) < 4.78 is 23.2. The van der Waals surface area contributed by atoms with E-state index in [1.165, 1.54) is 0 Å². The van der Waals surface area contributed by atoms with Gasteiger partial charge in [0.25, 0.3) is 0 Å². The summed E-state index contributed by atoms with van der Waals surface area (Å²) in [5, 5.41) is 0. The first-order valence-corrected chi connectivity index (χ1v) is 14.0. The van der Waals surface area contributed by atoms with Crippen LogP contribution in [0.5, 0.6) is 0 Å². The van der Waals surface area contributed by atoms with Crippen molar-refractivity contribution in [2.75, 3.05) is 6.61 Å². The molecule has 0 radical (unpaired) electrons. The van der Waals surface area contributed by atoms with Gasteiger partial charge in [-0.1, -0.05) is 86.1 Å². The summed E-state index contributed by atoms with van der Waals surface area (Å²) in [6.45, 7) is 1.40. The van der Waals surface area contributed by atoms with Crippen molar-refractivity contribution in [3.05, 3.63) is 144 Å². The van der Waals surface area contributed by atoms with Gasteiger partial charge in [0.2, 0.25) is 0 Å². The molecule has 0 saturated heterocycles. The fourth-order valence-electron chi connectivity index (χ4n) is 4.30. The minimum Gasteiger partial charge on any atom is -0.458 e. The Hall–Kier alpha value is -5.24. The number of rotatable bonds is 13. The lowest BCUT2D eigenvalue weighted by molar-refractivity contribution is -0.103. The minimum atomic E-state index is -1.33. The van der Waals surface area contributed by atoms with Crippen molar-refractivity contribution >= 4 is 23.9 Å². The smallest absolute Gasteiger partial charge is 0.338 e. The third kappa shape index (κ3) is 8.87. The van der Waals surface area contributed by atoms with E-state index in [1.807, 2.05) is 6.92 Å². The Labute approximate surface area is 250 Å². The van der Waals surface area contributed by atoms with Crippen LogP contribution in [0.2, 0.25) is 0 Å². The van der Waals surface area contributed by atoms with Gasteiger partial charge in [0.1, 0.15) is 12.7 Å². The van der Waals surface area contributed by atoms with Gasteiger partial charge in [-0.05, 0) is 55.0 Å². The van der Waals surface area contributed by atoms with Crippen LogP contribution in [0.1, 0.15) is 61.2 Å². The van der Waals surface area contributed by atoms with Crippen molar-refractivity contribution in [3.8, 4) is 0 Å². The van der Waals surface area contributed by atoms with E-state index in [4.69, 9.17) is 18.9 Å². The van der Waals surface area contributed by atoms with E-state index in [-0.39, 0.29) is 23.1 Å². The maximum absolute atomic E-state index is 13.3. The highest BCUT2D eigenvalue weighted by atomic mass is 16.6. The number of carbonyl (C=O) groups excluding carboxylic acids is 4. The van der Waals surface area contributed by atoms with E-state index >= 15 is 0 Å². The summed E-state index contributed by atoms with van der Waals surface area (Å²) in [7, 11) is 0. The van der Waals surface area contributed by atoms with Crippen molar-refractivity contribution in [2.45, 2.75) is 38.1 Å². The zero-order chi connectivity index (χ0) is 30.4. The summed E-state index contributed by atoms with van der Waals surface area (Å²) in [5.74, 6) is -2.76. The van der Waals surface area contributed by atoms with Gasteiger partial charge < -0.3 is 18.9 Å². The van der Waals surface area contributed by atoms with E-state index in [0.717, 1.165) is 0 Å². The number of carbonyl (C=O) groups is 4. The maximum atomic E-state index is 13.3. The van der Waals surface area contributed by atoms with Crippen molar-refractivity contribution in [1.29, 1.82) is 0 Å². The van der Waals surface area contributed by atoms with Crippen LogP contribution in [-0.2, 0) is 18.9 Å². The highest BCUT2D eigenvalue weighted by Gasteiger charge is 2.39. The molecule has 0 aromatic heterocycles. The highest BCUT2D eigenvalue weighted by molar-refractivity contribution is 5.91. The average Bonchev–Trinajstić information content (AvgIpc) is 3.06. The maximum Gasteiger partial charge on any atom is 0.338 e. The lowest BCUT2D eigenvalue weighted by Crippen LogP contribution is -2.48. The molecular weight excluding hydrogens is 548 g/mol. The molecule has 0 amide bonds. The summed E-state index contributed by atoms with van der Waals surface area (Å²) in [6, 6.07) is 33.2. The average molecular weight is 581 g/mol. The second kappa shape index (κ2) is 15.7. The van der Waals surface area contributed by atoms with Crippen LogP contribution in [0.3, 0.4) is 0 Å². The largest absolute Gasteiger partial charge is 0.458 e. The minimum absolute atomic E-state index is 0.239. The number of benzene rings is 4. The van der Waals surface area contributed by atoms with Gasteiger partial charge in [0.15, 0.2) is 12.2 Å². The fourth-order valence-corrected chi connectivity index (χ4v) is 4.30. The van der Waals surface area contributed by atoms with Gasteiger partial charge in [-0.25, -0.2) is 19.2 Å². The van der Waals surface area contributed by atoms with E-state index in [2.05, 4.69) is 0 Å². The van der Waals surface area contributed by atoms with E-state index < -0.39 is 48.8 Å². The molecule has 220 valence electrons. The van der Waals surface area contributed by atoms with Gasteiger partial charge in [0.05, 0.1) is 22.3 Å². The van der Waals surface area contributed by atoms with Gasteiger partial charge in [-0.15, -0.1) is 0 Å². The predicted octanol–water partition coefficient (Wildman–Crippen LogP) is 6.32. The summed E-state index contributed by atoms with van der Waals surface area (Å²) in [6.07, 6.45) is -2.90. The van der Waals surface area contributed by atoms with Crippen molar-refractivity contribution in [3.63, 3.8) is 0 Å². The third-order valence-corrected chi connectivity index (χ3v) is 6.48. The summed E-state index contributed by atoms with van der Waals surface area (Å²) in [4.78, 5) is 52.6. The van der Waals surface area contributed by atoms with Gasteiger partial charge in [-0.3, -0.25) is 0 Å². The number of hydrogen-bond donors (Lipinski definition) is 0. The second-order valence-electron chi connectivity index (χ2n) is 9.61. The Bertz CT molecular complexity index is 1470. The molecule has 0 aliphatic carbocycles. The van der Waals surface area contributed by atoms with Crippen LogP contribution in [0.4, 0.5) is 0 Å². The molecule has 0 spiro atoms. The molecule has 0 N–H and O–H groups in total. The topological polar surface area (TPSA) is 105 Å². The van der Waals surface area contributed by atoms with Crippen LogP contribution in [0, 0.1) is 0 Å². The summed E-state index contributed by atoms with van der Waals surface area (Å²) >= 11 is 0. The molecule has 8 heteroatoms. The van der Waals surface area contributed by atoms with E-state index in [1.54, 1.807) is 121 Å². The standard InChI is InChI=1S/C35H32O8/c1-2-15-29(41-33(37)26-18-9-4-10-19-26)31(43-35(39)28-22-13-6-14-23-28)30(42-34(38)27-20-11-5-12-21-27)24-40-32(36)25-16-7-3-8-17-25/h3-14,16-23,29-31H,2,15,24H2,1H3/t29-,30+,31-/m0/s1. The third-order valence-electron chi connectivity index (χ3n) is 6.48. The summed E-state index contributed by atoms with van der Waals surface area (Å²) in [5.41, 5.74) is 1.06. The molecule has 3 atom stereocenters. The van der Waals surface area contributed by atoms with Crippen LogP contribution >= 0.6 is 0 Å². The van der Waals surface area contributed by atoms with Gasteiger partial charge in [0, 0.05) is 0 Å². The molecule has 0 unspecified atom stereocenters. The Morgan fingerprint density at radius 2 is 0.837 bits per heavy atom. The van der Waals surface area contributed by atoms with Crippen molar-refractivity contribution in [1.82, 2.24) is 0 Å². The molecule has 0 heterocycles. The molecule has 43 heavy (non-hydrogen) atoms. The first kappa shape index (κ1) is 30.7. The Morgan fingerprint density at radius 1 is 0.488 bits per heavy atom. The van der Waals surface area contributed by atoms with E-state index in [9.17, 15) is 19.2 Å². The Morgan fingerprint density at radius 3 is 1.23 bits per heavy atom. The van der Waals surface area contributed by atoms with E-state index in [0.29, 0.717) is 12.0 Å². The van der Waals surface area contributed by atoms with Crippen molar-refractivity contribution < 1.29 is 38.1 Å². The quantitative estimate of drug-likeness (QED) is 0.134. The molecule has 0 fully saturated rings. The lowest BCUT2D eigenvalue weighted by Gasteiger charge is -2.32. The molecule has 4 aromatic carbocycles. The molecule has 0 aliphatic rings. The van der Waals surface area contributed by atoms with Gasteiger partial charge in [-0.2, -0.15) is 0 Å². The molecule has 0 saturated carbocycles. The van der Waals surface area contributed by atoms with Crippen LogP contribution in [0.25, 0.3) is 0 Å². The van der Waals surface area contributed by atoms with Gasteiger partial charge >= 0.3 is 23.9 Å². The fraction of sp³-hybridized carbons (Fsp3) is 0.200. The molecule has 8 nitrogen and oxygen atoms in total.